The number of carbonyl (C=O) groups is 8. The lowest BCUT2D eigenvalue weighted by Gasteiger charge is -2.43. The number of nitrogens with one attached hydrogen (secondary N) is 4. The van der Waals surface area contributed by atoms with Crippen LogP contribution < -0.4 is 21.3 Å². The molecule has 0 spiro atoms. The van der Waals surface area contributed by atoms with Crippen molar-refractivity contribution in [2.24, 2.45) is 20.0 Å². The minimum Gasteiger partial charge on any atom is -0.480 e. The smallest absolute Gasteiger partial charge is 0.338 e. The van der Waals surface area contributed by atoms with E-state index in [0.29, 0.717) is 154 Å². The molecule has 756 valence electrons. The van der Waals surface area contributed by atoms with E-state index in [0.717, 1.165) is 4.88 Å². The Hall–Kier alpha value is -11.0. The molecule has 47 heteroatoms. The number of aliphatic carboxylic acids is 1. The molecule has 0 radical (unpaired) electrons. The van der Waals surface area contributed by atoms with Crippen LogP contribution in [0.4, 0.5) is 13.2 Å². The Balaban J connectivity index is 0.000000159. The second-order valence-electron chi connectivity index (χ2n) is 33.4. The number of nitrogens with zero attached hydrogens (tertiary/aromatic N) is 12. The highest BCUT2D eigenvalue weighted by molar-refractivity contribution is 9.10. The molecule has 16 rings (SSSR count). The van der Waals surface area contributed by atoms with Crippen molar-refractivity contribution in [2.45, 2.75) is 122 Å². The number of hydrogen-bond donors (Lipinski definition) is 5. The third-order valence-corrected chi connectivity index (χ3v) is 28.1. The van der Waals surface area contributed by atoms with Crippen LogP contribution in [0.1, 0.15) is 127 Å². The molecule has 5 N–H and O–H groups in total. The lowest BCUT2D eigenvalue weighted by molar-refractivity contribution is -0.165. The standard InChI is InChI=1S/C25H28BrFN4O5S.C25H28ClFN4O5S.C23H24BrFN4O5S.C22H23ClN4O5S/c2*1-5-35-24(33)19-17(11-31-13-25(2,3)36-12-18(31)23(32)34-4)29-21(22-28-8-9-37-22)30-20(19)15-7-6-14(27)10-16(15)26;1-3-34-23(32)18-16(10-29-6-7-33-11-17(29)22(30)31)27-20(21-26-9-12(2)35-21)28-19(18)14-5-4-13(25)8-15(14)24;1-2-31-22(29)18-16(11-27-8-9-30-12-17(27)32-13-28)25-20(21-24-7-10-33-21)26-19(18)14-5-3-4-6-15(14)23/h2*6-10,18,20H,5,11-13H2,1-4H3,(H,29,30);4-5,8-9,17,19H,3,6-7,10-11H2,1-2H3,(H,27,28)(H,30,31);3-7,10,13,17,19H,2,8-9,11-12H2,1H3,(H,25,26)/t2*18-,20?;;/m00../s1. The Labute approximate surface area is 858 Å². The molecule has 0 aliphatic carbocycles. The topological polar surface area (TPSA) is 420 Å². The van der Waals surface area contributed by atoms with E-state index in [1.54, 1.807) is 81.0 Å². The maximum absolute atomic E-state index is 13.9. The molecule has 36 nitrogen and oxygen atoms in total. The zero-order chi connectivity index (χ0) is 102. The van der Waals surface area contributed by atoms with Crippen LogP contribution in [0.25, 0.3) is 0 Å². The van der Waals surface area contributed by atoms with Gasteiger partial charge in [0.05, 0.1) is 114 Å². The van der Waals surface area contributed by atoms with E-state index in [-0.39, 0.29) is 101 Å². The Morgan fingerprint density at radius 2 is 0.866 bits per heavy atom. The number of amidine groups is 4. The summed E-state index contributed by atoms with van der Waals surface area (Å²) in [6.45, 7) is 21.4. The number of hydrogen-bond acceptors (Lipinski definition) is 39. The van der Waals surface area contributed by atoms with Gasteiger partial charge in [0.2, 0.25) is 0 Å². The molecule has 4 aromatic heterocycles. The first-order valence-electron chi connectivity index (χ1n) is 44.8. The summed E-state index contributed by atoms with van der Waals surface area (Å²) in [5.41, 5.74) is 4.26. The average molecular weight is 2200 g/mol. The largest absolute Gasteiger partial charge is 0.480 e. The van der Waals surface area contributed by atoms with Gasteiger partial charge < -0.3 is 78.5 Å². The molecule has 4 fully saturated rings. The van der Waals surface area contributed by atoms with Crippen LogP contribution in [0.15, 0.2) is 194 Å². The molecule has 8 aliphatic rings. The number of halogens is 7. The summed E-state index contributed by atoms with van der Waals surface area (Å²) in [5.74, 6) is -3.66. The van der Waals surface area contributed by atoms with Crippen molar-refractivity contribution < 1.29 is 109 Å². The third kappa shape index (κ3) is 27.0. The van der Waals surface area contributed by atoms with Gasteiger partial charge in [0, 0.05) is 151 Å². The van der Waals surface area contributed by atoms with E-state index in [4.69, 9.17) is 95.3 Å². The number of esters is 6. The van der Waals surface area contributed by atoms with Crippen LogP contribution in [0.3, 0.4) is 0 Å². The van der Waals surface area contributed by atoms with Gasteiger partial charge >= 0.3 is 41.8 Å². The van der Waals surface area contributed by atoms with E-state index >= 15 is 0 Å². The van der Waals surface area contributed by atoms with Gasteiger partial charge in [0.15, 0.2) is 49.6 Å². The molecular weight excluding hydrogens is 2100 g/mol. The van der Waals surface area contributed by atoms with E-state index < -0.39 is 119 Å². The Morgan fingerprint density at radius 1 is 0.493 bits per heavy atom. The molecular formula is C95H103Br2Cl2F3N16O20S4. The van der Waals surface area contributed by atoms with Crippen LogP contribution >= 0.6 is 100 Å². The molecule has 0 bridgehead atoms. The SMILES string of the molecule is CCOC(=O)C1=C(CN2CC(C)(C)OC[C@H]2C(=O)OC)NC(c2nccs2)=NC1c1ccc(F)cc1Br.CCOC(=O)C1=C(CN2CC(C)(C)OC[C@H]2C(=O)OC)NC(c2nccs2)=NC1c1ccc(F)cc1Cl.CCOC(=O)C1=C(CN2CCOCC2C(=O)O)NC(c2ncc(C)s2)=NC1c1ccc(F)cc1Br.CCOC(=O)C1=C(CN2CCOCC2OC=O)NC(c2nccs2)=NC1c1ccccc1Cl. The van der Waals surface area contributed by atoms with Gasteiger partial charge in [-0.3, -0.25) is 58.7 Å². The molecule has 12 heterocycles. The fourth-order valence-corrected chi connectivity index (χ4v) is 20.5. The van der Waals surface area contributed by atoms with Crippen LogP contribution in [-0.2, 0) is 90.5 Å². The number of benzene rings is 4. The van der Waals surface area contributed by atoms with Gasteiger partial charge in [-0.15, -0.1) is 45.3 Å². The van der Waals surface area contributed by atoms with Crippen LogP contribution in [0.2, 0.25) is 10.0 Å². The number of carbonyl (C=O) groups excluding carboxylic acids is 7. The molecule has 4 aromatic carbocycles. The number of ether oxygens (including phenoxy) is 11. The maximum Gasteiger partial charge on any atom is 0.338 e. The predicted molar refractivity (Wildman–Crippen MR) is 531 cm³/mol. The lowest BCUT2D eigenvalue weighted by atomic mass is 9.94. The van der Waals surface area contributed by atoms with Gasteiger partial charge in [-0.1, -0.05) is 91.5 Å². The zero-order valence-corrected chi connectivity index (χ0v) is 86.8. The van der Waals surface area contributed by atoms with Gasteiger partial charge in [0.25, 0.3) is 6.47 Å². The predicted octanol–water partition coefficient (Wildman–Crippen LogP) is 12.7. The summed E-state index contributed by atoms with van der Waals surface area (Å²) in [6.07, 6.45) is 6.14. The zero-order valence-electron chi connectivity index (χ0n) is 78.8. The van der Waals surface area contributed by atoms with Gasteiger partial charge in [-0.05, 0) is 116 Å². The molecule has 0 saturated carbocycles. The van der Waals surface area contributed by atoms with E-state index in [2.05, 4.69) is 73.1 Å². The fourth-order valence-electron chi connectivity index (χ4n) is 16.4. The number of methoxy groups -OCH3 is 2. The number of morpholine rings is 4. The highest BCUT2D eigenvalue weighted by atomic mass is 79.9. The number of thiazole rings is 4. The second kappa shape index (κ2) is 50.0. The lowest BCUT2D eigenvalue weighted by Crippen LogP contribution is -2.58. The van der Waals surface area contributed by atoms with Crippen LogP contribution in [0, 0.1) is 24.4 Å². The normalized spacial score (nSPS) is 21.4. The number of aromatic nitrogens is 4. The summed E-state index contributed by atoms with van der Waals surface area (Å²) in [6, 6.07) is 14.2. The molecule has 142 heavy (non-hydrogen) atoms. The van der Waals surface area contributed by atoms with E-state index in [9.17, 15) is 56.6 Å². The first-order chi connectivity index (χ1) is 68.2. The van der Waals surface area contributed by atoms with Crippen molar-refractivity contribution in [2.75, 3.05) is 133 Å². The first kappa shape index (κ1) is 108. The Morgan fingerprint density at radius 3 is 1.23 bits per heavy atom. The fraction of sp³-hybridized carbons (Fsp3) is 0.411. The van der Waals surface area contributed by atoms with Crippen molar-refractivity contribution in [3.63, 3.8) is 0 Å². The number of carboxylic acids is 1. The number of aryl methyl sites for hydroxylation is 1. The summed E-state index contributed by atoms with van der Waals surface area (Å²) in [4.78, 5) is 146. The minimum absolute atomic E-state index is 0.0386. The quantitative estimate of drug-likeness (QED) is 0.0165. The molecule has 4 saturated heterocycles. The maximum atomic E-state index is 13.9. The molecule has 8 atom stereocenters. The van der Waals surface area contributed by atoms with Crippen molar-refractivity contribution in [3.8, 4) is 0 Å². The Kier molecular flexibility index (Phi) is 38.1. The monoisotopic (exact) mass is 2200 g/mol. The van der Waals surface area contributed by atoms with Crippen molar-refractivity contribution >= 4 is 172 Å². The third-order valence-electron chi connectivity index (χ3n) is 22.8. The minimum atomic E-state index is -1.01. The summed E-state index contributed by atoms with van der Waals surface area (Å²) in [5, 5.41) is 31.3. The summed E-state index contributed by atoms with van der Waals surface area (Å²) >= 11 is 25.4. The van der Waals surface area contributed by atoms with Crippen molar-refractivity contribution in [1.29, 1.82) is 0 Å². The number of carboxylic acid groups (broad SMARTS) is 1. The van der Waals surface area contributed by atoms with Gasteiger partial charge in [-0.25, -0.2) is 52.3 Å². The van der Waals surface area contributed by atoms with Crippen molar-refractivity contribution in [1.82, 2.24) is 60.8 Å². The molecule has 6 unspecified atom stereocenters. The van der Waals surface area contributed by atoms with Crippen molar-refractivity contribution in [3.05, 3.63) is 248 Å². The van der Waals surface area contributed by atoms with E-state index in [1.807, 2.05) is 78.3 Å². The second-order valence-corrected chi connectivity index (χ2v) is 39.9. The summed E-state index contributed by atoms with van der Waals surface area (Å²) < 4.78 is 102. The van der Waals surface area contributed by atoms with Crippen LogP contribution in [0.5, 0.6) is 0 Å². The van der Waals surface area contributed by atoms with Crippen LogP contribution in [-0.4, -0.2) is 284 Å². The highest BCUT2D eigenvalue weighted by Crippen LogP contribution is 2.44. The average Bonchev–Trinajstić information content (AvgIpc) is 0.881. The molecule has 8 aliphatic heterocycles. The Bertz CT molecular complexity index is 6000. The summed E-state index contributed by atoms with van der Waals surface area (Å²) in [7, 11) is 2.65. The van der Waals surface area contributed by atoms with Gasteiger partial charge in [0.1, 0.15) is 59.7 Å². The molecule has 0 amide bonds. The first-order valence-corrected chi connectivity index (χ1v) is 50.5. The van der Waals surface area contributed by atoms with Gasteiger partial charge in [-0.2, -0.15) is 0 Å². The highest BCUT2D eigenvalue weighted by Gasteiger charge is 2.46. The number of aliphatic imine (C=N–C) groups is 4. The molecule has 8 aromatic rings. The number of rotatable bonds is 29. The van der Waals surface area contributed by atoms with E-state index in [1.165, 1.54) is 102 Å².